The Hall–Kier alpha value is -2.24. The molecular weight excluding hydrogens is 222 g/mol. The summed E-state index contributed by atoms with van der Waals surface area (Å²) in [6, 6.07) is 4.11. The maximum atomic E-state index is 12.0. The van der Waals surface area contributed by atoms with Gasteiger partial charge in [0, 0.05) is 17.5 Å². The average Bonchev–Trinajstić information content (AvgIpc) is 2.28. The molecule has 0 radical (unpaired) electrons. The number of benzene rings is 1. The third-order valence-corrected chi connectivity index (χ3v) is 2.50. The number of nitro groups is 1. The molecule has 2 aromatic rings. The van der Waals surface area contributed by atoms with E-state index in [1.807, 2.05) is 13.8 Å². The van der Waals surface area contributed by atoms with Crippen LogP contribution in [0, 0.1) is 10.1 Å². The first-order valence-electron chi connectivity index (χ1n) is 5.16. The molecule has 2 rings (SSSR count). The highest BCUT2D eigenvalue weighted by atomic mass is 16.6. The fraction of sp³-hybridized carbons (Fsp3) is 0.273. The molecule has 6 heteroatoms. The van der Waals surface area contributed by atoms with Crippen LogP contribution in [0.2, 0.25) is 0 Å². The normalized spacial score (nSPS) is 11.0. The first-order chi connectivity index (χ1) is 8.00. The lowest BCUT2D eigenvalue weighted by Gasteiger charge is -2.08. The highest BCUT2D eigenvalue weighted by Gasteiger charge is 2.11. The van der Waals surface area contributed by atoms with Crippen molar-refractivity contribution in [1.82, 2.24) is 9.78 Å². The Morgan fingerprint density at radius 2 is 2.12 bits per heavy atom. The minimum Gasteiger partial charge on any atom is -0.267 e. The molecule has 0 aliphatic rings. The Morgan fingerprint density at radius 1 is 1.41 bits per heavy atom. The van der Waals surface area contributed by atoms with Gasteiger partial charge in [0.15, 0.2) is 0 Å². The van der Waals surface area contributed by atoms with Gasteiger partial charge in [-0.25, -0.2) is 4.68 Å². The zero-order valence-corrected chi connectivity index (χ0v) is 9.45. The molecule has 0 saturated heterocycles. The molecule has 6 nitrogen and oxygen atoms in total. The van der Waals surface area contributed by atoms with Crippen LogP contribution in [0.4, 0.5) is 5.69 Å². The Kier molecular flexibility index (Phi) is 2.63. The molecule has 0 saturated carbocycles. The molecule has 0 unspecified atom stereocenters. The lowest BCUT2D eigenvalue weighted by Crippen LogP contribution is -2.24. The number of hydrogen-bond donors (Lipinski definition) is 0. The quantitative estimate of drug-likeness (QED) is 0.586. The molecule has 0 aliphatic heterocycles. The molecule has 0 amide bonds. The molecule has 1 aromatic carbocycles. The molecule has 1 heterocycles. The van der Waals surface area contributed by atoms with Crippen molar-refractivity contribution in [2.24, 2.45) is 0 Å². The van der Waals surface area contributed by atoms with E-state index in [1.54, 1.807) is 6.20 Å². The van der Waals surface area contributed by atoms with Gasteiger partial charge in [-0.3, -0.25) is 14.9 Å². The predicted octanol–water partition coefficient (Wildman–Crippen LogP) is 1.89. The molecule has 88 valence electrons. The van der Waals surface area contributed by atoms with Gasteiger partial charge in [0.2, 0.25) is 0 Å². The van der Waals surface area contributed by atoms with E-state index in [0.717, 1.165) is 0 Å². The molecule has 0 fully saturated rings. The van der Waals surface area contributed by atoms with E-state index >= 15 is 0 Å². The summed E-state index contributed by atoms with van der Waals surface area (Å²) in [7, 11) is 0. The second-order valence-electron chi connectivity index (χ2n) is 4.02. The topological polar surface area (TPSA) is 78.0 Å². The number of aromatic nitrogens is 2. The van der Waals surface area contributed by atoms with Gasteiger partial charge >= 0.3 is 0 Å². The van der Waals surface area contributed by atoms with Crippen molar-refractivity contribution < 1.29 is 4.92 Å². The van der Waals surface area contributed by atoms with E-state index in [9.17, 15) is 14.9 Å². The van der Waals surface area contributed by atoms with Gasteiger partial charge in [-0.15, -0.1) is 0 Å². The number of non-ortho nitro benzene ring substituents is 1. The SMILES string of the molecule is CC(C)n1ncc2ccc([N+](=O)[O-])cc2c1=O. The summed E-state index contributed by atoms with van der Waals surface area (Å²) in [5.74, 6) is 0. The summed E-state index contributed by atoms with van der Waals surface area (Å²) in [5.41, 5.74) is -0.391. The standard InChI is InChI=1S/C11H11N3O3/c1-7(2)13-11(15)10-5-9(14(16)17)4-3-8(10)6-12-13/h3-7H,1-2H3. The minimum atomic E-state index is -0.515. The van der Waals surface area contributed by atoms with Gasteiger partial charge < -0.3 is 0 Å². The van der Waals surface area contributed by atoms with Crippen molar-refractivity contribution in [2.75, 3.05) is 0 Å². The van der Waals surface area contributed by atoms with Crippen LogP contribution in [0.15, 0.2) is 29.2 Å². The molecule has 17 heavy (non-hydrogen) atoms. The molecule has 0 spiro atoms. The summed E-state index contributed by atoms with van der Waals surface area (Å²) in [4.78, 5) is 22.2. The van der Waals surface area contributed by atoms with Crippen LogP contribution in [0.5, 0.6) is 0 Å². The van der Waals surface area contributed by atoms with Crippen LogP contribution >= 0.6 is 0 Å². The van der Waals surface area contributed by atoms with E-state index in [-0.39, 0.29) is 17.3 Å². The van der Waals surface area contributed by atoms with Gasteiger partial charge in [-0.2, -0.15) is 5.10 Å². The summed E-state index contributed by atoms with van der Waals surface area (Å²) in [5, 5.41) is 15.6. The number of hydrogen-bond acceptors (Lipinski definition) is 4. The second kappa shape index (κ2) is 3.97. The van der Waals surface area contributed by atoms with Gasteiger partial charge in [-0.05, 0) is 19.9 Å². The number of nitrogens with zero attached hydrogens (tertiary/aromatic N) is 3. The Balaban J connectivity index is 2.78. The van der Waals surface area contributed by atoms with Crippen molar-refractivity contribution >= 4 is 16.5 Å². The van der Waals surface area contributed by atoms with E-state index < -0.39 is 4.92 Å². The van der Waals surface area contributed by atoms with E-state index in [4.69, 9.17) is 0 Å². The van der Waals surface area contributed by atoms with E-state index in [1.165, 1.54) is 22.9 Å². The molecule has 1 aromatic heterocycles. The van der Waals surface area contributed by atoms with Crippen LogP contribution in [0.1, 0.15) is 19.9 Å². The molecule has 0 atom stereocenters. The Labute approximate surface area is 96.6 Å². The van der Waals surface area contributed by atoms with Crippen LogP contribution in [-0.2, 0) is 0 Å². The lowest BCUT2D eigenvalue weighted by atomic mass is 10.2. The Morgan fingerprint density at radius 3 is 2.71 bits per heavy atom. The smallest absolute Gasteiger partial charge is 0.267 e. The highest BCUT2D eigenvalue weighted by molar-refractivity contribution is 5.82. The molecule has 0 bridgehead atoms. The van der Waals surface area contributed by atoms with E-state index in [0.29, 0.717) is 10.8 Å². The fourth-order valence-electron chi connectivity index (χ4n) is 1.62. The first kappa shape index (κ1) is 11.3. The lowest BCUT2D eigenvalue weighted by molar-refractivity contribution is -0.384. The summed E-state index contributed by atoms with van der Waals surface area (Å²) < 4.78 is 1.31. The zero-order valence-electron chi connectivity index (χ0n) is 9.45. The van der Waals surface area contributed by atoms with Gasteiger partial charge in [0.1, 0.15) is 0 Å². The predicted molar refractivity (Wildman–Crippen MR) is 63.0 cm³/mol. The van der Waals surface area contributed by atoms with Gasteiger partial charge in [0.25, 0.3) is 11.2 Å². The molecule has 0 N–H and O–H groups in total. The van der Waals surface area contributed by atoms with Crippen molar-refractivity contribution in [2.45, 2.75) is 19.9 Å². The highest BCUT2D eigenvalue weighted by Crippen LogP contribution is 2.17. The summed E-state index contributed by atoms with van der Waals surface area (Å²) >= 11 is 0. The van der Waals surface area contributed by atoms with E-state index in [2.05, 4.69) is 5.10 Å². The molecule has 0 aliphatic carbocycles. The molecular formula is C11H11N3O3. The van der Waals surface area contributed by atoms with Crippen LogP contribution in [0.25, 0.3) is 10.8 Å². The first-order valence-corrected chi connectivity index (χ1v) is 5.16. The fourth-order valence-corrected chi connectivity index (χ4v) is 1.62. The van der Waals surface area contributed by atoms with Crippen LogP contribution < -0.4 is 5.56 Å². The number of rotatable bonds is 2. The zero-order chi connectivity index (χ0) is 12.6. The van der Waals surface area contributed by atoms with Crippen molar-refractivity contribution in [3.8, 4) is 0 Å². The van der Waals surface area contributed by atoms with Gasteiger partial charge in [-0.1, -0.05) is 0 Å². The second-order valence-corrected chi connectivity index (χ2v) is 4.02. The van der Waals surface area contributed by atoms with Crippen molar-refractivity contribution in [1.29, 1.82) is 0 Å². The number of nitro benzene ring substituents is 1. The van der Waals surface area contributed by atoms with Crippen molar-refractivity contribution in [3.05, 3.63) is 44.9 Å². The summed E-state index contributed by atoms with van der Waals surface area (Å²) in [6.07, 6.45) is 1.54. The Bertz CT molecular complexity index is 646. The average molecular weight is 233 g/mol. The number of fused-ring (bicyclic) bond motifs is 1. The summed E-state index contributed by atoms with van der Waals surface area (Å²) in [6.45, 7) is 3.66. The van der Waals surface area contributed by atoms with Crippen molar-refractivity contribution in [3.63, 3.8) is 0 Å². The third-order valence-electron chi connectivity index (χ3n) is 2.50. The maximum Gasteiger partial charge on any atom is 0.275 e. The maximum absolute atomic E-state index is 12.0. The van der Waals surface area contributed by atoms with Crippen LogP contribution in [-0.4, -0.2) is 14.7 Å². The van der Waals surface area contributed by atoms with Gasteiger partial charge in [0.05, 0.1) is 22.5 Å². The monoisotopic (exact) mass is 233 g/mol. The third kappa shape index (κ3) is 1.89. The minimum absolute atomic E-state index is 0.0776. The van der Waals surface area contributed by atoms with Crippen LogP contribution in [0.3, 0.4) is 0 Å². The largest absolute Gasteiger partial charge is 0.275 e.